The van der Waals surface area contributed by atoms with E-state index in [0.717, 1.165) is 6.54 Å². The van der Waals surface area contributed by atoms with Gasteiger partial charge in [0, 0.05) is 25.7 Å². The van der Waals surface area contributed by atoms with Crippen LogP contribution in [0.25, 0.3) is 0 Å². The molecular formula is C13H16N6O. The average molecular weight is 272 g/mol. The minimum atomic E-state index is 0.0414. The maximum atomic E-state index is 12.2. The lowest BCUT2D eigenvalue weighted by Gasteiger charge is -2.34. The Morgan fingerprint density at radius 1 is 1.35 bits per heavy atom. The van der Waals surface area contributed by atoms with E-state index in [1.807, 2.05) is 23.1 Å². The van der Waals surface area contributed by atoms with Gasteiger partial charge in [-0.15, -0.1) is 5.10 Å². The Bertz CT molecular complexity index is 556. The molecule has 104 valence electrons. The number of amides is 1. The van der Waals surface area contributed by atoms with E-state index in [-0.39, 0.29) is 18.5 Å². The first-order valence-corrected chi connectivity index (χ1v) is 6.60. The predicted molar refractivity (Wildman–Crippen MR) is 71.6 cm³/mol. The van der Waals surface area contributed by atoms with Crippen molar-refractivity contribution in [2.75, 3.05) is 19.6 Å². The SMILES string of the molecule is O=C(Cn1cnnn1)N1CCNC(c2ccccc2)C1. The summed E-state index contributed by atoms with van der Waals surface area (Å²) in [5.41, 5.74) is 1.20. The molecule has 2 aromatic rings. The van der Waals surface area contributed by atoms with Crippen LogP contribution in [0, 0.1) is 0 Å². The molecule has 0 radical (unpaired) electrons. The van der Waals surface area contributed by atoms with E-state index in [1.54, 1.807) is 0 Å². The molecule has 20 heavy (non-hydrogen) atoms. The van der Waals surface area contributed by atoms with Gasteiger partial charge >= 0.3 is 0 Å². The van der Waals surface area contributed by atoms with Gasteiger partial charge in [0.1, 0.15) is 12.9 Å². The summed E-state index contributed by atoms with van der Waals surface area (Å²) in [6.45, 7) is 2.37. The van der Waals surface area contributed by atoms with Crippen molar-refractivity contribution in [3.8, 4) is 0 Å². The third-order valence-corrected chi connectivity index (χ3v) is 3.42. The van der Waals surface area contributed by atoms with Gasteiger partial charge in [-0.05, 0) is 16.0 Å². The second kappa shape index (κ2) is 5.79. The van der Waals surface area contributed by atoms with Crippen LogP contribution in [0.4, 0.5) is 0 Å². The minimum Gasteiger partial charge on any atom is -0.338 e. The molecular weight excluding hydrogens is 256 g/mol. The van der Waals surface area contributed by atoms with E-state index < -0.39 is 0 Å². The topological polar surface area (TPSA) is 75.9 Å². The van der Waals surface area contributed by atoms with Crippen molar-refractivity contribution in [2.45, 2.75) is 12.6 Å². The van der Waals surface area contributed by atoms with E-state index in [1.165, 1.54) is 16.6 Å². The van der Waals surface area contributed by atoms with Gasteiger partial charge in [-0.1, -0.05) is 30.3 Å². The predicted octanol–water partition coefficient (Wildman–Crippen LogP) is -0.154. The van der Waals surface area contributed by atoms with Gasteiger partial charge in [0.15, 0.2) is 0 Å². The van der Waals surface area contributed by atoms with Crippen molar-refractivity contribution < 1.29 is 4.79 Å². The summed E-state index contributed by atoms with van der Waals surface area (Å²) in [7, 11) is 0. The number of nitrogens with zero attached hydrogens (tertiary/aromatic N) is 5. The molecule has 3 rings (SSSR count). The molecule has 1 amide bonds. The van der Waals surface area contributed by atoms with E-state index in [9.17, 15) is 4.79 Å². The number of aromatic nitrogens is 4. The van der Waals surface area contributed by atoms with Crippen molar-refractivity contribution in [1.29, 1.82) is 0 Å². The molecule has 0 aliphatic carbocycles. The van der Waals surface area contributed by atoms with Crippen LogP contribution in [-0.4, -0.2) is 50.6 Å². The smallest absolute Gasteiger partial charge is 0.244 e. The van der Waals surface area contributed by atoms with E-state index in [2.05, 4.69) is 33.0 Å². The largest absolute Gasteiger partial charge is 0.338 e. The molecule has 1 atom stereocenters. The Labute approximate surface area is 116 Å². The van der Waals surface area contributed by atoms with Crippen LogP contribution in [0.2, 0.25) is 0 Å². The number of tetrazole rings is 1. The highest BCUT2D eigenvalue weighted by molar-refractivity contribution is 5.76. The summed E-state index contributed by atoms with van der Waals surface area (Å²) in [5, 5.41) is 14.2. The molecule has 2 heterocycles. The van der Waals surface area contributed by atoms with Crippen LogP contribution in [-0.2, 0) is 11.3 Å². The van der Waals surface area contributed by atoms with E-state index >= 15 is 0 Å². The highest BCUT2D eigenvalue weighted by atomic mass is 16.2. The van der Waals surface area contributed by atoms with Gasteiger partial charge in [0.05, 0.1) is 0 Å². The summed E-state index contributed by atoms with van der Waals surface area (Å²) < 4.78 is 1.45. The number of carbonyl (C=O) groups is 1. The average Bonchev–Trinajstić information content (AvgIpc) is 3.01. The van der Waals surface area contributed by atoms with Gasteiger partial charge in [-0.3, -0.25) is 4.79 Å². The monoisotopic (exact) mass is 272 g/mol. The van der Waals surface area contributed by atoms with Crippen molar-refractivity contribution in [2.24, 2.45) is 0 Å². The number of carbonyl (C=O) groups excluding carboxylic acids is 1. The quantitative estimate of drug-likeness (QED) is 0.840. The summed E-state index contributed by atoms with van der Waals surface area (Å²) in [5.74, 6) is 0.0414. The Hall–Kier alpha value is -2.28. The first-order chi connectivity index (χ1) is 9.83. The second-order valence-corrected chi connectivity index (χ2v) is 4.76. The zero-order chi connectivity index (χ0) is 13.8. The van der Waals surface area contributed by atoms with Crippen LogP contribution in [0.1, 0.15) is 11.6 Å². The van der Waals surface area contributed by atoms with Crippen LogP contribution in [0.3, 0.4) is 0 Å². The highest BCUT2D eigenvalue weighted by Gasteiger charge is 2.24. The van der Waals surface area contributed by atoms with E-state index in [4.69, 9.17) is 0 Å². The molecule has 1 aliphatic heterocycles. The van der Waals surface area contributed by atoms with E-state index in [0.29, 0.717) is 13.1 Å². The van der Waals surface area contributed by atoms with Crippen LogP contribution < -0.4 is 5.32 Å². The van der Waals surface area contributed by atoms with Gasteiger partial charge in [0.2, 0.25) is 5.91 Å². The number of hydrogen-bond donors (Lipinski definition) is 1. The fourth-order valence-electron chi connectivity index (χ4n) is 2.38. The fourth-order valence-corrected chi connectivity index (χ4v) is 2.38. The molecule has 1 aromatic heterocycles. The molecule has 1 aliphatic rings. The van der Waals surface area contributed by atoms with Crippen molar-refractivity contribution in [3.05, 3.63) is 42.2 Å². The number of rotatable bonds is 3. The summed E-state index contributed by atoms with van der Waals surface area (Å²) in [6.07, 6.45) is 1.45. The molecule has 1 fully saturated rings. The third-order valence-electron chi connectivity index (χ3n) is 3.42. The first-order valence-electron chi connectivity index (χ1n) is 6.60. The first kappa shape index (κ1) is 12.7. The minimum absolute atomic E-state index is 0.0414. The van der Waals surface area contributed by atoms with Crippen LogP contribution in [0.5, 0.6) is 0 Å². The summed E-state index contributed by atoms with van der Waals surface area (Å²) in [4.78, 5) is 14.1. The fraction of sp³-hybridized carbons (Fsp3) is 0.385. The lowest BCUT2D eigenvalue weighted by molar-refractivity contribution is -0.133. The molecule has 0 saturated carbocycles. The highest BCUT2D eigenvalue weighted by Crippen LogP contribution is 2.17. The molecule has 1 aromatic carbocycles. The number of benzene rings is 1. The molecule has 7 nitrogen and oxygen atoms in total. The van der Waals surface area contributed by atoms with Crippen molar-refractivity contribution in [1.82, 2.24) is 30.4 Å². The zero-order valence-corrected chi connectivity index (χ0v) is 11.0. The number of hydrogen-bond acceptors (Lipinski definition) is 5. The lowest BCUT2D eigenvalue weighted by Crippen LogP contribution is -2.49. The maximum Gasteiger partial charge on any atom is 0.244 e. The Kier molecular flexibility index (Phi) is 3.69. The van der Waals surface area contributed by atoms with Crippen molar-refractivity contribution >= 4 is 5.91 Å². The van der Waals surface area contributed by atoms with Crippen LogP contribution in [0.15, 0.2) is 36.7 Å². The molecule has 1 unspecified atom stereocenters. The number of piperazine rings is 1. The van der Waals surface area contributed by atoms with Crippen LogP contribution >= 0.6 is 0 Å². The molecule has 7 heteroatoms. The zero-order valence-electron chi connectivity index (χ0n) is 11.0. The van der Waals surface area contributed by atoms with Gasteiger partial charge in [-0.25, -0.2) is 4.68 Å². The molecule has 1 N–H and O–H groups in total. The third kappa shape index (κ3) is 2.83. The van der Waals surface area contributed by atoms with Gasteiger partial charge in [0.25, 0.3) is 0 Å². The Morgan fingerprint density at radius 3 is 2.95 bits per heavy atom. The molecule has 0 spiro atoms. The number of nitrogens with one attached hydrogen (secondary N) is 1. The van der Waals surface area contributed by atoms with Gasteiger partial charge in [-0.2, -0.15) is 0 Å². The molecule has 1 saturated heterocycles. The molecule has 0 bridgehead atoms. The second-order valence-electron chi connectivity index (χ2n) is 4.76. The summed E-state index contributed by atoms with van der Waals surface area (Å²) in [6, 6.07) is 10.4. The Balaban J connectivity index is 1.64. The standard InChI is InChI=1S/C13H16N6O/c20-13(9-19-10-15-16-17-19)18-7-6-14-12(8-18)11-4-2-1-3-5-11/h1-5,10,12,14H,6-9H2. The maximum absolute atomic E-state index is 12.2. The Morgan fingerprint density at radius 2 is 2.20 bits per heavy atom. The summed E-state index contributed by atoms with van der Waals surface area (Å²) >= 11 is 0. The van der Waals surface area contributed by atoms with Crippen molar-refractivity contribution in [3.63, 3.8) is 0 Å². The van der Waals surface area contributed by atoms with Gasteiger partial charge < -0.3 is 10.2 Å². The lowest BCUT2D eigenvalue weighted by atomic mass is 10.0. The normalized spacial score (nSPS) is 19.0.